The van der Waals surface area contributed by atoms with Gasteiger partial charge < -0.3 is 19.1 Å². The predicted molar refractivity (Wildman–Crippen MR) is 132 cm³/mol. The Morgan fingerprint density at radius 2 is 1.59 bits per heavy atom. The maximum absolute atomic E-state index is 12.6. The number of nitrogens with zero attached hydrogens (tertiary/aromatic N) is 2. The maximum atomic E-state index is 12.6. The molecule has 4 aromatic rings. The summed E-state index contributed by atoms with van der Waals surface area (Å²) in [7, 11) is 2.89. The van der Waals surface area contributed by atoms with E-state index >= 15 is 0 Å². The van der Waals surface area contributed by atoms with Gasteiger partial charge >= 0.3 is 0 Å². The Morgan fingerprint density at radius 1 is 0.941 bits per heavy atom. The van der Waals surface area contributed by atoms with Gasteiger partial charge in [0.25, 0.3) is 5.91 Å². The Bertz CT molecular complexity index is 1300. The molecule has 4 rings (SSSR count). The van der Waals surface area contributed by atoms with E-state index in [-0.39, 0.29) is 23.2 Å². The van der Waals surface area contributed by atoms with Crippen molar-refractivity contribution in [3.63, 3.8) is 0 Å². The topological polar surface area (TPSA) is 85.1 Å². The summed E-state index contributed by atoms with van der Waals surface area (Å²) in [5, 5.41) is 14.0. The van der Waals surface area contributed by atoms with E-state index in [9.17, 15) is 9.90 Å². The third kappa shape index (κ3) is 4.63. The highest BCUT2D eigenvalue weighted by atomic mass is 16.5. The second kappa shape index (κ2) is 9.95. The second-order valence-corrected chi connectivity index (χ2v) is 7.58. The summed E-state index contributed by atoms with van der Waals surface area (Å²) in [5.41, 5.74) is 7.86. The van der Waals surface area contributed by atoms with Crippen LogP contribution in [-0.2, 0) is 0 Å². The van der Waals surface area contributed by atoms with Crippen LogP contribution in [0.25, 0.3) is 16.9 Å². The van der Waals surface area contributed by atoms with Crippen LogP contribution in [0, 0.1) is 6.92 Å². The molecule has 0 aliphatic rings. The van der Waals surface area contributed by atoms with Gasteiger partial charge in [0, 0.05) is 22.5 Å². The molecular weight excluding hydrogens is 430 g/mol. The first-order valence-electron chi connectivity index (χ1n) is 10.6. The number of hydrazone groups is 1. The first-order chi connectivity index (χ1) is 16.5. The Balaban J connectivity index is 1.50. The molecule has 7 nitrogen and oxygen atoms in total. The van der Waals surface area contributed by atoms with Crippen LogP contribution in [0.15, 0.2) is 84.0 Å². The molecule has 172 valence electrons. The van der Waals surface area contributed by atoms with Crippen LogP contribution < -0.4 is 14.9 Å². The number of phenolic OH excluding ortho intramolecular Hbond substituents is 1. The SMILES string of the molecule is COc1cc(/C=N/NC(=O)c2ccc(-n3c(C)ccc3-c3ccccc3)cc2)cc(OC)c1O. The molecule has 34 heavy (non-hydrogen) atoms. The van der Waals surface area contributed by atoms with Gasteiger partial charge in [0.05, 0.1) is 26.1 Å². The van der Waals surface area contributed by atoms with Crippen LogP contribution in [0.5, 0.6) is 17.2 Å². The van der Waals surface area contributed by atoms with Crippen molar-refractivity contribution in [2.75, 3.05) is 14.2 Å². The summed E-state index contributed by atoms with van der Waals surface area (Å²) in [6.45, 7) is 2.05. The van der Waals surface area contributed by atoms with Crippen LogP contribution in [0.1, 0.15) is 21.6 Å². The minimum atomic E-state index is -0.340. The number of hydrogen-bond acceptors (Lipinski definition) is 5. The van der Waals surface area contributed by atoms with E-state index in [2.05, 4.69) is 46.3 Å². The number of nitrogens with one attached hydrogen (secondary N) is 1. The zero-order chi connectivity index (χ0) is 24.1. The van der Waals surface area contributed by atoms with E-state index in [1.807, 2.05) is 30.3 Å². The molecule has 0 aliphatic carbocycles. The van der Waals surface area contributed by atoms with Crippen LogP contribution >= 0.6 is 0 Å². The lowest BCUT2D eigenvalue weighted by Gasteiger charge is -2.12. The van der Waals surface area contributed by atoms with Gasteiger partial charge in [-0.05, 0) is 61.0 Å². The van der Waals surface area contributed by atoms with E-state index in [1.165, 1.54) is 20.4 Å². The summed E-state index contributed by atoms with van der Waals surface area (Å²) in [6.07, 6.45) is 1.45. The molecule has 1 amide bonds. The van der Waals surface area contributed by atoms with E-state index in [0.717, 1.165) is 22.6 Å². The predicted octanol–water partition coefficient (Wildman–Crippen LogP) is 4.94. The van der Waals surface area contributed by atoms with Gasteiger partial charge in [0.15, 0.2) is 11.5 Å². The van der Waals surface area contributed by atoms with Gasteiger partial charge in [-0.2, -0.15) is 5.10 Å². The van der Waals surface area contributed by atoms with E-state index in [4.69, 9.17) is 9.47 Å². The van der Waals surface area contributed by atoms with E-state index < -0.39 is 0 Å². The summed E-state index contributed by atoms with van der Waals surface area (Å²) in [4.78, 5) is 12.6. The summed E-state index contributed by atoms with van der Waals surface area (Å²) in [6, 6.07) is 24.9. The van der Waals surface area contributed by atoms with Crippen molar-refractivity contribution in [1.82, 2.24) is 9.99 Å². The van der Waals surface area contributed by atoms with Crippen LogP contribution in [0.2, 0.25) is 0 Å². The fraction of sp³-hybridized carbons (Fsp3) is 0.111. The average molecular weight is 456 g/mol. The van der Waals surface area contributed by atoms with Gasteiger partial charge in [-0.25, -0.2) is 5.43 Å². The maximum Gasteiger partial charge on any atom is 0.271 e. The molecule has 0 radical (unpaired) electrons. The highest BCUT2D eigenvalue weighted by Crippen LogP contribution is 2.36. The molecule has 1 heterocycles. The van der Waals surface area contributed by atoms with E-state index in [0.29, 0.717) is 11.1 Å². The lowest BCUT2D eigenvalue weighted by Crippen LogP contribution is -2.17. The number of amides is 1. The number of aromatic hydroxyl groups is 1. The third-order valence-corrected chi connectivity index (χ3v) is 5.42. The van der Waals surface area contributed by atoms with Crippen LogP contribution in [0.3, 0.4) is 0 Å². The van der Waals surface area contributed by atoms with Gasteiger partial charge in [-0.1, -0.05) is 30.3 Å². The number of methoxy groups -OCH3 is 2. The Hall–Kier alpha value is -4.52. The summed E-state index contributed by atoms with van der Waals surface area (Å²) in [5.74, 6) is 0.0587. The monoisotopic (exact) mass is 455 g/mol. The van der Waals surface area contributed by atoms with Crippen molar-refractivity contribution in [3.05, 3.63) is 95.7 Å². The fourth-order valence-electron chi connectivity index (χ4n) is 3.70. The molecule has 7 heteroatoms. The zero-order valence-electron chi connectivity index (χ0n) is 19.1. The molecule has 0 spiro atoms. The van der Waals surface area contributed by atoms with E-state index in [1.54, 1.807) is 24.3 Å². The zero-order valence-corrected chi connectivity index (χ0v) is 19.1. The first kappa shape index (κ1) is 22.7. The number of benzene rings is 3. The lowest BCUT2D eigenvalue weighted by molar-refractivity contribution is 0.0955. The largest absolute Gasteiger partial charge is 0.502 e. The summed E-state index contributed by atoms with van der Waals surface area (Å²) >= 11 is 0. The average Bonchev–Trinajstić information content (AvgIpc) is 3.26. The fourth-order valence-corrected chi connectivity index (χ4v) is 3.70. The molecule has 0 unspecified atom stereocenters. The molecule has 0 saturated heterocycles. The van der Waals surface area contributed by atoms with Crippen molar-refractivity contribution in [3.8, 4) is 34.2 Å². The van der Waals surface area contributed by atoms with Crippen LogP contribution in [0.4, 0.5) is 0 Å². The van der Waals surface area contributed by atoms with Gasteiger partial charge in [-0.3, -0.25) is 4.79 Å². The van der Waals surface area contributed by atoms with Crippen molar-refractivity contribution < 1.29 is 19.4 Å². The van der Waals surface area contributed by atoms with Crippen molar-refractivity contribution in [2.45, 2.75) is 6.92 Å². The summed E-state index contributed by atoms with van der Waals surface area (Å²) < 4.78 is 12.4. The molecule has 0 fully saturated rings. The Kier molecular flexibility index (Phi) is 6.64. The van der Waals surface area contributed by atoms with Gasteiger partial charge in [0.2, 0.25) is 5.75 Å². The molecule has 0 bridgehead atoms. The van der Waals surface area contributed by atoms with Gasteiger partial charge in [-0.15, -0.1) is 0 Å². The third-order valence-electron chi connectivity index (χ3n) is 5.42. The number of aryl methyl sites for hydroxylation is 1. The highest BCUT2D eigenvalue weighted by molar-refractivity contribution is 5.95. The number of aromatic nitrogens is 1. The number of carbonyl (C=O) groups excluding carboxylic acids is 1. The van der Waals surface area contributed by atoms with Crippen molar-refractivity contribution >= 4 is 12.1 Å². The number of hydrogen-bond donors (Lipinski definition) is 2. The molecule has 0 saturated carbocycles. The Morgan fingerprint density at radius 3 is 2.21 bits per heavy atom. The first-order valence-corrected chi connectivity index (χ1v) is 10.6. The Labute approximate surface area is 197 Å². The number of ether oxygens (including phenoxy) is 2. The quantitative estimate of drug-likeness (QED) is 0.305. The minimum absolute atomic E-state index is 0.0976. The molecule has 3 aromatic carbocycles. The molecular formula is C27H25N3O4. The van der Waals surface area contributed by atoms with Crippen LogP contribution in [-0.4, -0.2) is 36.0 Å². The van der Waals surface area contributed by atoms with Crippen molar-refractivity contribution in [2.24, 2.45) is 5.10 Å². The molecule has 1 aromatic heterocycles. The van der Waals surface area contributed by atoms with Gasteiger partial charge in [0.1, 0.15) is 0 Å². The molecule has 0 atom stereocenters. The number of phenols is 1. The standard InChI is InChI=1S/C27H25N3O4/c1-18-9-14-23(20-7-5-4-6-8-20)30(18)22-12-10-21(11-13-22)27(32)29-28-17-19-15-24(33-2)26(31)25(16-19)34-3/h4-17,31H,1-3H3,(H,29,32)/b28-17+. The normalized spacial score (nSPS) is 10.9. The van der Waals surface area contributed by atoms with Crippen molar-refractivity contribution in [1.29, 1.82) is 0 Å². The highest BCUT2D eigenvalue weighted by Gasteiger charge is 2.12. The molecule has 0 aliphatic heterocycles. The smallest absolute Gasteiger partial charge is 0.271 e. The second-order valence-electron chi connectivity index (χ2n) is 7.58. The minimum Gasteiger partial charge on any atom is -0.502 e. The lowest BCUT2D eigenvalue weighted by atomic mass is 10.1. The molecule has 2 N–H and O–H groups in total. The number of carbonyl (C=O) groups is 1. The number of rotatable bonds is 7.